The molecule has 586 valence electrons. The van der Waals surface area contributed by atoms with E-state index in [9.17, 15) is 8.78 Å². The lowest BCUT2D eigenvalue weighted by Crippen LogP contribution is -2.49. The third kappa shape index (κ3) is 12.8. The lowest BCUT2D eigenvalue weighted by Gasteiger charge is -2.35. The van der Waals surface area contributed by atoms with Crippen molar-refractivity contribution in [3.05, 3.63) is 505 Å². The fourth-order valence-corrected chi connectivity index (χ4v) is 22.9. The van der Waals surface area contributed by atoms with Gasteiger partial charge >= 0.3 is 0 Å². The van der Waals surface area contributed by atoms with Crippen LogP contribution in [0.25, 0.3) is 112 Å². The first-order chi connectivity index (χ1) is 60.2. The molecular weight excluding hydrogens is 1530 g/mol. The maximum atomic E-state index is 15.6. The minimum atomic E-state index is -2.46. The van der Waals surface area contributed by atoms with Crippen LogP contribution < -0.4 is 20.2 Å². The van der Waals surface area contributed by atoms with Crippen LogP contribution in [0.1, 0.15) is 55.6 Å². The van der Waals surface area contributed by atoms with Gasteiger partial charge in [0.1, 0.15) is 31.3 Å². The van der Waals surface area contributed by atoms with Crippen molar-refractivity contribution in [2.75, 3.05) is 9.80 Å². The van der Waals surface area contributed by atoms with E-state index >= 15 is 8.78 Å². The van der Waals surface area contributed by atoms with Gasteiger partial charge in [0.25, 0.3) is 0 Å². The summed E-state index contributed by atoms with van der Waals surface area (Å²) in [7, 11) is -2.46. The topological polar surface area (TPSA) is 6.48 Å². The van der Waals surface area contributed by atoms with Gasteiger partial charge in [0.15, 0.2) is 0 Å². The van der Waals surface area contributed by atoms with Crippen LogP contribution in [0.5, 0.6) is 0 Å². The van der Waals surface area contributed by atoms with Gasteiger partial charge in [0.2, 0.25) is 0 Å². The quantitative estimate of drug-likeness (QED) is 0.0624. The van der Waals surface area contributed by atoms with Crippen molar-refractivity contribution in [3.8, 4) is 100 Å². The molecule has 2 atom stereocenters. The Kier molecular flexibility index (Phi) is 18.6. The van der Waals surface area contributed by atoms with E-state index in [0.29, 0.717) is 0 Å². The lowest BCUT2D eigenvalue weighted by molar-refractivity contribution is 0.624. The minimum absolute atomic E-state index is 0.279. The van der Waals surface area contributed by atoms with E-state index in [-0.39, 0.29) is 23.3 Å². The number of anilines is 6. The van der Waals surface area contributed by atoms with Crippen molar-refractivity contribution in [3.63, 3.8) is 0 Å². The highest BCUT2D eigenvalue weighted by Crippen LogP contribution is 2.60. The molecule has 18 aromatic rings. The maximum Gasteiger partial charge on any atom is 0.123 e. The molecule has 0 saturated carbocycles. The number of nitrogens with zero attached hydrogens (tertiary/aromatic N) is 2. The zero-order valence-corrected chi connectivity index (χ0v) is 68.7. The second kappa shape index (κ2) is 30.3. The minimum Gasteiger partial charge on any atom is -0.310 e. The molecule has 2 unspecified atom stereocenters. The van der Waals surface area contributed by atoms with Gasteiger partial charge in [-0.25, -0.2) is 17.6 Å². The fourth-order valence-electron chi connectivity index (χ4n) is 19.8. The Morgan fingerprint density at radius 3 is 0.805 bits per heavy atom. The molecule has 0 radical (unpaired) electrons. The molecule has 2 nitrogen and oxygen atoms in total. The standard InChI is InChI=1S/C116H80F4N2Si/c1-5-75-21-25-77(26-22-75)79-29-41-89(42-30-79)115(91-45-53-95(119)54-46-91)109-19-9-7-17-103(109)105-65-61-101(73-111(105)115)121(97-57-37-83(38-58-97)87-15-11-13-85(69-87)81-33-49-93(117)50-34-81)99-63-67-113-107(71-99)108-72-100(64-68-114(108)123(113,3)4)122(98-59-39-84(40-60-98)88-16-12-14-86(70-88)82-35-51-94(118)52-36-82)102-62-66-106-104-18-8-10-20-110(104)116(112(106)74-102,92-47-55-96(120)56-48-92)90-43-31-80(32-44-90)78-27-23-76(6-2)24-28-78/h5-74H,1-2H2,3-4H3. The molecule has 0 fully saturated rings. The van der Waals surface area contributed by atoms with Crippen molar-refractivity contribution < 1.29 is 17.6 Å². The summed E-state index contributed by atoms with van der Waals surface area (Å²) in [5.74, 6) is -1.18. The SMILES string of the molecule is C=Cc1ccc(-c2ccc(C3(c4ccc(F)cc4)c4ccccc4-c4ccc(N(c5ccc(-c6cccc(-c7ccc(F)cc7)c6)cc5)c5ccc6c(c5)-c5cc(N(c7ccc(-c8cccc(-c9ccc(F)cc9)c8)cc7)c7ccc8c(c7)C(c7ccc(F)cc7)(c7ccc(-c9ccc(C=C)cc9)cc7)c7ccccc7-8)ccc5[Si]6(C)C)cc43)cc2)cc1. The summed E-state index contributed by atoms with van der Waals surface area (Å²) in [4.78, 5) is 4.80. The molecule has 123 heavy (non-hydrogen) atoms. The smallest absolute Gasteiger partial charge is 0.123 e. The van der Waals surface area contributed by atoms with Crippen LogP contribution in [0.3, 0.4) is 0 Å². The van der Waals surface area contributed by atoms with E-state index in [1.165, 1.54) is 34.6 Å². The Balaban J connectivity index is 0.744. The molecule has 0 saturated heterocycles. The summed E-state index contributed by atoms with van der Waals surface area (Å²) in [6.07, 6.45) is 3.72. The second-order valence-corrected chi connectivity index (χ2v) is 37.2. The van der Waals surface area contributed by atoms with Crippen LogP contribution in [0.2, 0.25) is 13.1 Å². The second-order valence-electron chi connectivity index (χ2n) is 32.9. The van der Waals surface area contributed by atoms with Crippen LogP contribution in [-0.2, 0) is 10.8 Å². The van der Waals surface area contributed by atoms with Gasteiger partial charge in [-0.1, -0.05) is 317 Å². The van der Waals surface area contributed by atoms with E-state index in [2.05, 4.69) is 352 Å². The molecule has 3 aliphatic rings. The first-order valence-corrected chi connectivity index (χ1v) is 44.7. The summed E-state index contributed by atoms with van der Waals surface area (Å²) in [6, 6.07) is 142. The normalized spacial score (nSPS) is 14.8. The van der Waals surface area contributed by atoms with Crippen LogP contribution in [-0.4, -0.2) is 8.07 Å². The van der Waals surface area contributed by atoms with Crippen molar-refractivity contribution in [2.45, 2.75) is 23.9 Å². The molecule has 7 heteroatoms. The van der Waals surface area contributed by atoms with E-state index < -0.39 is 18.9 Å². The molecule has 0 bridgehead atoms. The zero-order valence-electron chi connectivity index (χ0n) is 67.7. The number of halogens is 4. The van der Waals surface area contributed by atoms with Crippen molar-refractivity contribution in [1.29, 1.82) is 0 Å². The molecule has 1 aliphatic heterocycles. The van der Waals surface area contributed by atoms with E-state index in [4.69, 9.17) is 0 Å². The molecule has 21 rings (SSSR count). The van der Waals surface area contributed by atoms with Gasteiger partial charge < -0.3 is 9.80 Å². The van der Waals surface area contributed by atoms with Crippen molar-refractivity contribution >= 4 is 64.7 Å². The molecule has 0 spiro atoms. The fraction of sp³-hybridized carbons (Fsp3) is 0.0345. The molecule has 0 amide bonds. The van der Waals surface area contributed by atoms with Gasteiger partial charge in [-0.05, 0) is 300 Å². The number of hydrogen-bond acceptors (Lipinski definition) is 2. The average molecular weight is 1610 g/mol. The average Bonchev–Trinajstić information content (AvgIpc) is 1.54. The van der Waals surface area contributed by atoms with Crippen molar-refractivity contribution in [2.24, 2.45) is 0 Å². The van der Waals surface area contributed by atoms with Crippen LogP contribution in [0.15, 0.2) is 426 Å². The van der Waals surface area contributed by atoms with E-state index in [1.807, 2.05) is 60.7 Å². The number of benzene rings is 18. The van der Waals surface area contributed by atoms with Crippen molar-refractivity contribution in [1.82, 2.24) is 0 Å². The Labute approximate surface area is 715 Å². The zero-order chi connectivity index (χ0) is 83.2. The predicted octanol–water partition coefficient (Wildman–Crippen LogP) is 30.0. The Morgan fingerprint density at radius 1 is 0.220 bits per heavy atom. The van der Waals surface area contributed by atoms with Gasteiger partial charge in [-0.15, -0.1) is 0 Å². The first-order valence-electron chi connectivity index (χ1n) is 41.7. The highest BCUT2D eigenvalue weighted by molar-refractivity contribution is 7.03. The molecule has 2 aliphatic carbocycles. The molecule has 0 aromatic heterocycles. The maximum absolute atomic E-state index is 15.6. The summed E-state index contributed by atoms with van der Waals surface area (Å²) < 4.78 is 59.9. The lowest BCUT2D eigenvalue weighted by atomic mass is 9.67. The van der Waals surface area contributed by atoms with Crippen LogP contribution in [0.4, 0.5) is 51.7 Å². The Hall–Kier alpha value is -15.0. The molecule has 18 aromatic carbocycles. The number of fused-ring (bicyclic) bond motifs is 9. The van der Waals surface area contributed by atoms with Crippen LogP contribution in [0, 0.1) is 23.3 Å². The first kappa shape index (κ1) is 75.4. The van der Waals surface area contributed by atoms with Gasteiger partial charge in [-0.3, -0.25) is 0 Å². The summed E-state index contributed by atoms with van der Waals surface area (Å²) in [6.45, 7) is 13.0. The molecular formula is C116H80F4N2Si. The Morgan fingerprint density at radius 2 is 0.472 bits per heavy atom. The molecule has 0 N–H and O–H groups in total. The summed E-state index contributed by atoms with van der Waals surface area (Å²) in [5, 5.41) is 2.65. The Bertz CT molecular complexity index is 6730. The largest absolute Gasteiger partial charge is 0.310 e. The summed E-state index contributed by atoms with van der Waals surface area (Å²) in [5.41, 5.74) is 33.3. The van der Waals surface area contributed by atoms with Gasteiger partial charge in [-0.2, -0.15) is 0 Å². The summed E-state index contributed by atoms with van der Waals surface area (Å²) >= 11 is 0. The number of hydrogen-bond donors (Lipinski definition) is 0. The highest BCUT2D eigenvalue weighted by Gasteiger charge is 2.49. The van der Waals surface area contributed by atoms with E-state index in [1.54, 1.807) is 24.3 Å². The monoisotopic (exact) mass is 1600 g/mol. The molecule has 1 heterocycles. The van der Waals surface area contributed by atoms with Gasteiger partial charge in [0, 0.05) is 34.1 Å². The van der Waals surface area contributed by atoms with Crippen LogP contribution >= 0.6 is 0 Å². The van der Waals surface area contributed by atoms with E-state index in [0.717, 1.165) is 190 Å². The number of rotatable bonds is 18. The highest BCUT2D eigenvalue weighted by atomic mass is 28.3. The third-order valence-electron chi connectivity index (χ3n) is 25.9. The third-order valence-corrected chi connectivity index (χ3v) is 29.4. The predicted molar refractivity (Wildman–Crippen MR) is 505 cm³/mol. The van der Waals surface area contributed by atoms with Gasteiger partial charge in [0.05, 0.1) is 10.8 Å².